The topological polar surface area (TPSA) is 35.5 Å². The van der Waals surface area contributed by atoms with Crippen LogP contribution in [0.3, 0.4) is 0 Å². The molecular weight excluding hydrogens is 306 g/mol. The SMILES string of the molecule is Oc1c(Br)cccc1[C@H](C(F)F)N1CCNCC1. The second-order valence-electron chi connectivity index (χ2n) is 4.24. The number of halogens is 3. The van der Waals surface area contributed by atoms with E-state index in [9.17, 15) is 13.9 Å². The Balaban J connectivity index is 2.31. The monoisotopic (exact) mass is 320 g/mol. The van der Waals surface area contributed by atoms with Crippen molar-refractivity contribution in [1.82, 2.24) is 10.2 Å². The van der Waals surface area contributed by atoms with Gasteiger partial charge in [0.25, 0.3) is 6.43 Å². The first-order valence-corrected chi connectivity index (χ1v) is 6.61. The molecule has 18 heavy (non-hydrogen) atoms. The van der Waals surface area contributed by atoms with E-state index in [1.807, 2.05) is 0 Å². The molecule has 1 heterocycles. The molecule has 1 aliphatic heterocycles. The molecule has 2 N–H and O–H groups in total. The first kappa shape index (κ1) is 13.7. The lowest BCUT2D eigenvalue weighted by atomic mass is 10.0. The lowest BCUT2D eigenvalue weighted by Gasteiger charge is -2.35. The number of benzene rings is 1. The summed E-state index contributed by atoms with van der Waals surface area (Å²) in [4.78, 5) is 1.71. The van der Waals surface area contributed by atoms with E-state index < -0.39 is 12.5 Å². The minimum Gasteiger partial charge on any atom is -0.506 e. The number of hydrogen-bond donors (Lipinski definition) is 2. The zero-order valence-corrected chi connectivity index (χ0v) is 11.3. The highest BCUT2D eigenvalue weighted by Crippen LogP contribution is 2.37. The minimum atomic E-state index is -2.52. The van der Waals surface area contributed by atoms with E-state index in [2.05, 4.69) is 21.2 Å². The predicted octanol–water partition coefficient (Wildman–Crippen LogP) is 2.37. The molecule has 0 spiro atoms. The molecule has 0 aliphatic carbocycles. The fourth-order valence-corrected chi connectivity index (χ4v) is 2.60. The average molecular weight is 321 g/mol. The molecule has 2 rings (SSSR count). The first-order chi connectivity index (χ1) is 8.61. The summed E-state index contributed by atoms with van der Waals surface area (Å²) in [5, 5.41) is 13.1. The quantitative estimate of drug-likeness (QED) is 0.897. The smallest absolute Gasteiger partial charge is 0.258 e. The second-order valence-corrected chi connectivity index (χ2v) is 5.10. The molecule has 0 saturated carbocycles. The molecule has 0 bridgehead atoms. The van der Waals surface area contributed by atoms with Crippen LogP contribution >= 0.6 is 15.9 Å². The van der Waals surface area contributed by atoms with Gasteiger partial charge in [0.1, 0.15) is 11.8 Å². The van der Waals surface area contributed by atoms with Gasteiger partial charge in [0.15, 0.2) is 0 Å². The van der Waals surface area contributed by atoms with Crippen LogP contribution in [0, 0.1) is 0 Å². The molecule has 0 unspecified atom stereocenters. The van der Waals surface area contributed by atoms with Gasteiger partial charge in [0, 0.05) is 31.7 Å². The number of aromatic hydroxyl groups is 1. The van der Waals surface area contributed by atoms with Gasteiger partial charge in [-0.05, 0) is 22.0 Å². The number of nitrogens with zero attached hydrogens (tertiary/aromatic N) is 1. The van der Waals surface area contributed by atoms with Gasteiger partial charge >= 0.3 is 0 Å². The predicted molar refractivity (Wildman–Crippen MR) is 69.0 cm³/mol. The van der Waals surface area contributed by atoms with Gasteiger partial charge in [-0.2, -0.15) is 0 Å². The minimum absolute atomic E-state index is 0.0960. The second kappa shape index (κ2) is 5.95. The maximum Gasteiger partial charge on any atom is 0.258 e. The fraction of sp³-hybridized carbons (Fsp3) is 0.500. The van der Waals surface area contributed by atoms with Crippen LogP contribution in [0.25, 0.3) is 0 Å². The average Bonchev–Trinajstić information content (AvgIpc) is 2.36. The van der Waals surface area contributed by atoms with Crippen LogP contribution in [0.1, 0.15) is 11.6 Å². The molecule has 6 heteroatoms. The summed E-state index contributed by atoms with van der Waals surface area (Å²) in [7, 11) is 0. The number of phenolic OH excluding ortho intramolecular Hbond substituents is 1. The number of phenols is 1. The maximum absolute atomic E-state index is 13.3. The third kappa shape index (κ3) is 2.81. The normalized spacial score (nSPS) is 19.1. The molecule has 3 nitrogen and oxygen atoms in total. The first-order valence-electron chi connectivity index (χ1n) is 5.81. The Bertz CT molecular complexity index is 411. The molecule has 1 atom stereocenters. The fourth-order valence-electron chi connectivity index (χ4n) is 2.22. The summed E-state index contributed by atoms with van der Waals surface area (Å²) in [5.41, 5.74) is 0.279. The van der Waals surface area contributed by atoms with E-state index in [1.165, 1.54) is 0 Å². The van der Waals surface area contributed by atoms with Crippen molar-refractivity contribution in [3.05, 3.63) is 28.2 Å². The van der Waals surface area contributed by atoms with Crippen molar-refractivity contribution in [2.45, 2.75) is 12.5 Å². The molecule has 1 aromatic carbocycles. The van der Waals surface area contributed by atoms with Gasteiger partial charge < -0.3 is 10.4 Å². The van der Waals surface area contributed by atoms with Crippen LogP contribution in [-0.4, -0.2) is 42.6 Å². The summed E-state index contributed by atoms with van der Waals surface area (Å²) in [6.07, 6.45) is -2.52. The Morgan fingerprint density at radius 1 is 1.28 bits per heavy atom. The number of alkyl halides is 2. The third-order valence-electron chi connectivity index (χ3n) is 3.12. The molecule has 100 valence electrons. The summed E-state index contributed by atoms with van der Waals surface area (Å²) < 4.78 is 27.0. The molecule has 1 aliphatic rings. The Kier molecular flexibility index (Phi) is 4.53. The van der Waals surface area contributed by atoms with Gasteiger partial charge in [-0.25, -0.2) is 8.78 Å². The maximum atomic E-state index is 13.3. The zero-order chi connectivity index (χ0) is 13.1. The highest BCUT2D eigenvalue weighted by molar-refractivity contribution is 9.10. The molecule has 1 fully saturated rings. The number of rotatable bonds is 3. The molecule has 0 amide bonds. The van der Waals surface area contributed by atoms with Crippen LogP contribution < -0.4 is 5.32 Å². The van der Waals surface area contributed by atoms with Gasteiger partial charge in [0.2, 0.25) is 0 Å². The van der Waals surface area contributed by atoms with Crippen molar-refractivity contribution >= 4 is 15.9 Å². The Hall–Kier alpha value is -0.720. The highest BCUT2D eigenvalue weighted by Gasteiger charge is 2.32. The van der Waals surface area contributed by atoms with Crippen molar-refractivity contribution in [3.63, 3.8) is 0 Å². The molecular formula is C12H15BrF2N2O. The van der Waals surface area contributed by atoms with Crippen LogP contribution in [0.2, 0.25) is 0 Å². The van der Waals surface area contributed by atoms with Gasteiger partial charge in [-0.15, -0.1) is 0 Å². The van der Waals surface area contributed by atoms with E-state index in [1.54, 1.807) is 23.1 Å². The van der Waals surface area contributed by atoms with Crippen molar-refractivity contribution in [1.29, 1.82) is 0 Å². The largest absolute Gasteiger partial charge is 0.506 e. The third-order valence-corrected chi connectivity index (χ3v) is 3.76. The van der Waals surface area contributed by atoms with Crippen molar-refractivity contribution in [2.24, 2.45) is 0 Å². The standard InChI is InChI=1S/C12H15BrF2N2O/c13-9-3-1-2-8(11(9)18)10(12(14)15)17-6-4-16-5-7-17/h1-3,10,12,16,18H,4-7H2/t10-/m1/s1. The Labute approximate surface area is 113 Å². The van der Waals surface area contributed by atoms with E-state index in [0.717, 1.165) is 0 Å². The molecule has 0 aromatic heterocycles. The van der Waals surface area contributed by atoms with Gasteiger partial charge in [-0.1, -0.05) is 12.1 Å². The number of nitrogens with one attached hydrogen (secondary N) is 1. The van der Waals surface area contributed by atoms with Gasteiger partial charge in [-0.3, -0.25) is 4.90 Å². The Morgan fingerprint density at radius 2 is 1.94 bits per heavy atom. The summed E-state index contributed by atoms with van der Waals surface area (Å²) in [6, 6.07) is 3.80. The lowest BCUT2D eigenvalue weighted by Crippen LogP contribution is -2.46. The lowest BCUT2D eigenvalue weighted by molar-refractivity contribution is 0.0170. The zero-order valence-electron chi connectivity index (χ0n) is 9.74. The number of piperazine rings is 1. The van der Waals surface area contributed by atoms with Crippen molar-refractivity contribution < 1.29 is 13.9 Å². The van der Waals surface area contributed by atoms with E-state index in [4.69, 9.17) is 0 Å². The van der Waals surface area contributed by atoms with Crippen LogP contribution in [0.4, 0.5) is 8.78 Å². The summed E-state index contributed by atoms with van der Waals surface area (Å²) in [5.74, 6) is -0.0960. The molecule has 1 aromatic rings. The van der Waals surface area contributed by atoms with E-state index in [0.29, 0.717) is 30.7 Å². The van der Waals surface area contributed by atoms with Gasteiger partial charge in [0.05, 0.1) is 4.47 Å². The van der Waals surface area contributed by atoms with Crippen LogP contribution in [-0.2, 0) is 0 Å². The number of para-hydroxylation sites is 1. The van der Waals surface area contributed by atoms with Crippen LogP contribution in [0.15, 0.2) is 22.7 Å². The summed E-state index contributed by atoms with van der Waals surface area (Å²) in [6.45, 7) is 2.50. The molecule has 0 radical (unpaired) electrons. The highest BCUT2D eigenvalue weighted by atomic mass is 79.9. The number of hydrogen-bond acceptors (Lipinski definition) is 3. The van der Waals surface area contributed by atoms with E-state index >= 15 is 0 Å². The molecule has 1 saturated heterocycles. The van der Waals surface area contributed by atoms with Crippen LogP contribution in [0.5, 0.6) is 5.75 Å². The van der Waals surface area contributed by atoms with Crippen molar-refractivity contribution in [3.8, 4) is 5.75 Å². The van der Waals surface area contributed by atoms with E-state index in [-0.39, 0.29) is 11.3 Å². The summed E-state index contributed by atoms with van der Waals surface area (Å²) >= 11 is 3.16. The van der Waals surface area contributed by atoms with Crippen molar-refractivity contribution in [2.75, 3.05) is 26.2 Å². The Morgan fingerprint density at radius 3 is 2.56 bits per heavy atom.